The van der Waals surface area contributed by atoms with Crippen molar-refractivity contribution in [2.75, 3.05) is 40.9 Å². The van der Waals surface area contributed by atoms with Crippen molar-refractivity contribution in [1.29, 1.82) is 0 Å². The lowest BCUT2D eigenvalue weighted by atomic mass is 10.0. The molecule has 0 radical (unpaired) electrons. The van der Waals surface area contributed by atoms with E-state index in [2.05, 4.69) is 43.5 Å². The molecule has 0 aliphatic heterocycles. The van der Waals surface area contributed by atoms with Gasteiger partial charge in [-0.15, -0.1) is 0 Å². The SMILES string of the molecule is CCCCCCCCC/C=C/CC/C=C/C(O)C(COP(=O)(O)OCC[N+](C)(C)C)NC(=O)CCCCCCCCCCCCCCCCCCC/C=C\CCCCCCCCCCCCCCCCCC. The summed E-state index contributed by atoms with van der Waals surface area (Å²) in [6.45, 7) is 4.81. The summed E-state index contributed by atoms with van der Waals surface area (Å²) < 4.78 is 23.7. The van der Waals surface area contributed by atoms with Crippen LogP contribution in [0.15, 0.2) is 36.5 Å². The number of amides is 1. The number of aliphatic hydroxyl groups is 1. The summed E-state index contributed by atoms with van der Waals surface area (Å²) >= 11 is 0. The number of likely N-dealkylation sites (N-methyl/N-ethyl adjacent to an activating group) is 1. The van der Waals surface area contributed by atoms with E-state index in [1.807, 2.05) is 27.2 Å². The number of carbonyl (C=O) groups excluding carboxylic acids is 1. The van der Waals surface area contributed by atoms with Crippen molar-refractivity contribution in [2.45, 2.75) is 321 Å². The Morgan fingerprint density at radius 3 is 1.11 bits per heavy atom. The Bertz CT molecular complexity index is 1270. The molecule has 0 saturated heterocycles. The highest BCUT2D eigenvalue weighted by atomic mass is 31.2. The molecule has 72 heavy (non-hydrogen) atoms. The van der Waals surface area contributed by atoms with Gasteiger partial charge >= 0.3 is 7.82 Å². The number of quaternary nitrogens is 1. The molecule has 0 aromatic carbocycles. The Hall–Kier alpha value is -1.28. The number of nitrogens with zero attached hydrogens (tertiary/aromatic N) is 1. The van der Waals surface area contributed by atoms with Crippen LogP contribution in [0.1, 0.15) is 309 Å². The normalized spacial score (nSPS) is 14.0. The van der Waals surface area contributed by atoms with Crippen molar-refractivity contribution < 1.29 is 32.9 Å². The van der Waals surface area contributed by atoms with E-state index in [4.69, 9.17) is 9.05 Å². The van der Waals surface area contributed by atoms with Gasteiger partial charge in [0.15, 0.2) is 0 Å². The molecule has 0 heterocycles. The first-order chi connectivity index (χ1) is 35.0. The second kappa shape index (κ2) is 54.5. The van der Waals surface area contributed by atoms with Gasteiger partial charge in [-0.05, 0) is 57.8 Å². The highest BCUT2D eigenvalue weighted by Gasteiger charge is 2.27. The number of carbonyl (C=O) groups is 1. The first kappa shape index (κ1) is 70.7. The van der Waals surface area contributed by atoms with Crippen molar-refractivity contribution in [2.24, 2.45) is 0 Å². The van der Waals surface area contributed by atoms with E-state index >= 15 is 0 Å². The quantitative estimate of drug-likeness (QED) is 0.0243. The summed E-state index contributed by atoms with van der Waals surface area (Å²) in [7, 11) is 1.56. The van der Waals surface area contributed by atoms with Crippen LogP contribution in [-0.2, 0) is 18.4 Å². The maximum Gasteiger partial charge on any atom is 0.472 e. The number of nitrogens with one attached hydrogen (secondary N) is 1. The maximum atomic E-state index is 13.0. The molecule has 8 nitrogen and oxygen atoms in total. The second-order valence-electron chi connectivity index (χ2n) is 22.8. The zero-order valence-corrected chi connectivity index (χ0v) is 49.6. The zero-order valence-electron chi connectivity index (χ0n) is 48.7. The van der Waals surface area contributed by atoms with Gasteiger partial charge in [-0.25, -0.2) is 4.57 Å². The van der Waals surface area contributed by atoms with Gasteiger partial charge in [-0.1, -0.05) is 281 Å². The van der Waals surface area contributed by atoms with Gasteiger partial charge in [0.25, 0.3) is 0 Å². The monoisotopic (exact) mass is 1040 g/mol. The van der Waals surface area contributed by atoms with Gasteiger partial charge in [0.2, 0.25) is 5.91 Å². The fraction of sp³-hybridized carbons (Fsp3) is 0.889. The van der Waals surface area contributed by atoms with Gasteiger partial charge in [-0.3, -0.25) is 13.8 Å². The fourth-order valence-electron chi connectivity index (χ4n) is 9.41. The Labute approximate surface area is 448 Å². The third-order valence-electron chi connectivity index (χ3n) is 14.3. The Morgan fingerprint density at radius 2 is 0.764 bits per heavy atom. The number of phosphoric acid groups is 1. The lowest BCUT2D eigenvalue weighted by Crippen LogP contribution is -2.45. The zero-order chi connectivity index (χ0) is 52.7. The van der Waals surface area contributed by atoms with Gasteiger partial charge in [0.05, 0.1) is 39.9 Å². The summed E-state index contributed by atoms with van der Waals surface area (Å²) in [5.41, 5.74) is 0. The molecule has 9 heteroatoms. The van der Waals surface area contributed by atoms with Crippen LogP contribution in [0.25, 0.3) is 0 Å². The molecular formula is C63H124N2O6P+. The Kier molecular flexibility index (Phi) is 53.5. The molecule has 0 rings (SSSR count). The molecule has 0 spiro atoms. The third kappa shape index (κ3) is 56.4. The van der Waals surface area contributed by atoms with E-state index in [1.54, 1.807) is 6.08 Å². The van der Waals surface area contributed by atoms with Crippen LogP contribution in [0.2, 0.25) is 0 Å². The minimum Gasteiger partial charge on any atom is -0.387 e. The van der Waals surface area contributed by atoms with Crippen molar-refractivity contribution >= 4 is 13.7 Å². The predicted molar refractivity (Wildman–Crippen MR) is 314 cm³/mol. The van der Waals surface area contributed by atoms with Crippen LogP contribution in [-0.4, -0.2) is 73.4 Å². The van der Waals surface area contributed by atoms with Crippen LogP contribution in [0.3, 0.4) is 0 Å². The Balaban J connectivity index is 3.92. The summed E-state index contributed by atoms with van der Waals surface area (Å²) in [6.07, 6.45) is 71.5. The summed E-state index contributed by atoms with van der Waals surface area (Å²) in [5.74, 6) is -0.183. The topological polar surface area (TPSA) is 105 Å². The van der Waals surface area contributed by atoms with E-state index < -0.39 is 20.0 Å². The second-order valence-corrected chi connectivity index (χ2v) is 24.2. The minimum atomic E-state index is -4.35. The smallest absolute Gasteiger partial charge is 0.387 e. The number of phosphoric ester groups is 1. The number of unbranched alkanes of at least 4 members (excludes halogenated alkanes) is 41. The molecule has 426 valence electrons. The molecule has 0 aromatic heterocycles. The number of aliphatic hydroxyl groups excluding tert-OH is 1. The van der Waals surface area contributed by atoms with Crippen LogP contribution in [0.5, 0.6) is 0 Å². The highest BCUT2D eigenvalue weighted by molar-refractivity contribution is 7.47. The molecule has 0 aliphatic carbocycles. The maximum absolute atomic E-state index is 13.0. The minimum absolute atomic E-state index is 0.0573. The molecule has 3 unspecified atom stereocenters. The number of hydrogen-bond donors (Lipinski definition) is 3. The predicted octanol–water partition coefficient (Wildman–Crippen LogP) is 19.3. The van der Waals surface area contributed by atoms with Crippen molar-refractivity contribution in [3.05, 3.63) is 36.5 Å². The van der Waals surface area contributed by atoms with E-state index in [0.29, 0.717) is 17.4 Å². The fourth-order valence-corrected chi connectivity index (χ4v) is 10.1. The molecule has 0 saturated carbocycles. The number of hydrogen-bond acceptors (Lipinski definition) is 5. The van der Waals surface area contributed by atoms with Crippen LogP contribution >= 0.6 is 7.82 Å². The number of allylic oxidation sites excluding steroid dienone is 5. The van der Waals surface area contributed by atoms with E-state index in [0.717, 1.165) is 38.5 Å². The summed E-state index contributed by atoms with van der Waals surface area (Å²) in [5, 5.41) is 13.9. The van der Waals surface area contributed by atoms with Crippen molar-refractivity contribution in [3.63, 3.8) is 0 Å². The third-order valence-corrected chi connectivity index (χ3v) is 15.3. The van der Waals surface area contributed by atoms with Crippen LogP contribution < -0.4 is 5.32 Å². The largest absolute Gasteiger partial charge is 0.472 e. The molecule has 1 amide bonds. The van der Waals surface area contributed by atoms with Gasteiger partial charge < -0.3 is 19.8 Å². The van der Waals surface area contributed by atoms with Crippen LogP contribution in [0.4, 0.5) is 0 Å². The van der Waals surface area contributed by atoms with Gasteiger partial charge in [-0.2, -0.15) is 0 Å². The highest BCUT2D eigenvalue weighted by Crippen LogP contribution is 2.43. The molecule has 3 atom stereocenters. The van der Waals surface area contributed by atoms with Gasteiger partial charge in [0, 0.05) is 6.42 Å². The van der Waals surface area contributed by atoms with Gasteiger partial charge in [0.1, 0.15) is 13.2 Å². The average molecular weight is 1040 g/mol. The first-order valence-electron chi connectivity index (χ1n) is 31.4. The lowest BCUT2D eigenvalue weighted by molar-refractivity contribution is -0.870. The average Bonchev–Trinajstić information content (AvgIpc) is 3.34. The van der Waals surface area contributed by atoms with E-state index in [-0.39, 0.29) is 19.1 Å². The Morgan fingerprint density at radius 1 is 0.458 bits per heavy atom. The molecule has 0 aromatic rings. The first-order valence-corrected chi connectivity index (χ1v) is 32.9. The number of rotatable bonds is 58. The molecule has 0 fully saturated rings. The standard InChI is InChI=1S/C63H123N2O6P/c1-6-8-10-12-14-16-18-20-21-22-23-24-25-26-27-28-29-30-31-32-33-34-35-36-37-38-39-40-41-42-43-45-47-49-51-53-55-57-63(67)64-61(60-71-72(68,69)70-59-58-65(3,4)5)62(66)56-54-52-50-48-46-44-19-17-15-13-11-9-7-2/h30-31,46,48,54,56,61-62,66H,6-29,32-45,47,49-53,55,57-60H2,1-5H3,(H-,64,67,68,69)/p+1/b31-30-,48-46+,56-54+. The molecule has 0 aliphatic rings. The molecular weight excluding hydrogens is 912 g/mol. The van der Waals surface area contributed by atoms with Crippen LogP contribution in [0, 0.1) is 0 Å². The van der Waals surface area contributed by atoms with E-state index in [1.165, 1.54) is 250 Å². The van der Waals surface area contributed by atoms with E-state index in [9.17, 15) is 19.4 Å². The summed E-state index contributed by atoms with van der Waals surface area (Å²) in [4.78, 5) is 23.3. The molecule has 0 bridgehead atoms. The summed E-state index contributed by atoms with van der Waals surface area (Å²) in [6, 6.07) is -0.861. The van der Waals surface area contributed by atoms with Crippen molar-refractivity contribution in [3.8, 4) is 0 Å². The van der Waals surface area contributed by atoms with Crippen molar-refractivity contribution in [1.82, 2.24) is 5.32 Å². The molecule has 3 N–H and O–H groups in total. The lowest BCUT2D eigenvalue weighted by Gasteiger charge is -2.25.